The Balaban J connectivity index is 2.55. The summed E-state index contributed by atoms with van der Waals surface area (Å²) in [5.74, 6) is 0.0980. The molecule has 0 aliphatic carbocycles. The molecule has 0 saturated heterocycles. The van der Waals surface area contributed by atoms with Gasteiger partial charge in [0.2, 0.25) is 0 Å². The molecule has 0 amide bonds. The molecule has 2 nitrogen and oxygen atoms in total. The van der Waals surface area contributed by atoms with Crippen molar-refractivity contribution in [1.29, 1.82) is 0 Å². The first kappa shape index (κ1) is 14.0. The Kier molecular flexibility index (Phi) is 4.96. The summed E-state index contributed by atoms with van der Waals surface area (Å²) >= 11 is 0. The van der Waals surface area contributed by atoms with Crippen LogP contribution in [0.1, 0.15) is 18.1 Å². The zero-order valence-corrected chi connectivity index (χ0v) is 9.59. The fourth-order valence-corrected chi connectivity index (χ4v) is 1.39. The van der Waals surface area contributed by atoms with Crippen LogP contribution in [0.15, 0.2) is 24.3 Å². The van der Waals surface area contributed by atoms with Crippen molar-refractivity contribution >= 4 is 0 Å². The summed E-state index contributed by atoms with van der Waals surface area (Å²) < 4.78 is 37.3. The molecule has 2 N–H and O–H groups in total. The maximum absolute atomic E-state index is 12.4. The van der Waals surface area contributed by atoms with Gasteiger partial charge in [-0.25, -0.2) is 0 Å². The molecule has 1 rings (SSSR count). The molecule has 1 unspecified atom stereocenters. The Bertz CT molecular complexity index is 352. The highest BCUT2D eigenvalue weighted by atomic mass is 19.4. The number of halogens is 3. The molecule has 1 aromatic carbocycles. The van der Waals surface area contributed by atoms with Gasteiger partial charge in [-0.1, -0.05) is 25.1 Å². The third-order valence-electron chi connectivity index (χ3n) is 2.39. The van der Waals surface area contributed by atoms with Crippen LogP contribution in [0.2, 0.25) is 0 Å². The molecule has 17 heavy (non-hydrogen) atoms. The minimum absolute atomic E-state index is 0.0651. The molecule has 0 aliphatic heterocycles. The van der Waals surface area contributed by atoms with Crippen molar-refractivity contribution < 1.29 is 18.3 Å². The molecular formula is C12H16F3NO. The topological polar surface area (TPSA) is 32.3 Å². The number of benzene rings is 1. The highest BCUT2D eigenvalue weighted by molar-refractivity contribution is 5.25. The lowest BCUT2D eigenvalue weighted by Crippen LogP contribution is -2.22. The Labute approximate surface area is 98.5 Å². The average molecular weight is 247 g/mol. The second kappa shape index (κ2) is 6.02. The predicted molar refractivity (Wildman–Crippen MR) is 59.4 cm³/mol. The van der Waals surface area contributed by atoms with E-state index in [-0.39, 0.29) is 12.5 Å². The van der Waals surface area contributed by atoms with E-state index in [0.717, 1.165) is 12.1 Å². The molecule has 0 heterocycles. The monoisotopic (exact) mass is 247 g/mol. The number of rotatable bonds is 5. The van der Waals surface area contributed by atoms with Gasteiger partial charge in [0, 0.05) is 19.7 Å². The Morgan fingerprint density at radius 1 is 1.35 bits per heavy atom. The van der Waals surface area contributed by atoms with Gasteiger partial charge in [-0.2, -0.15) is 13.2 Å². The minimum Gasteiger partial charge on any atom is -0.396 e. The molecule has 0 aliphatic rings. The Morgan fingerprint density at radius 3 is 2.65 bits per heavy atom. The molecule has 0 radical (unpaired) electrons. The van der Waals surface area contributed by atoms with Crippen molar-refractivity contribution in [3.05, 3.63) is 35.4 Å². The maximum Gasteiger partial charge on any atom is 0.416 e. The van der Waals surface area contributed by atoms with Crippen molar-refractivity contribution in [3.63, 3.8) is 0 Å². The molecule has 96 valence electrons. The summed E-state index contributed by atoms with van der Waals surface area (Å²) in [4.78, 5) is 0. The van der Waals surface area contributed by atoms with Crippen molar-refractivity contribution in [2.24, 2.45) is 5.92 Å². The van der Waals surface area contributed by atoms with Gasteiger partial charge in [0.15, 0.2) is 0 Å². The first-order valence-electron chi connectivity index (χ1n) is 5.41. The predicted octanol–water partition coefficient (Wildman–Crippen LogP) is 2.42. The van der Waals surface area contributed by atoms with Crippen LogP contribution in [0.4, 0.5) is 13.2 Å². The van der Waals surface area contributed by atoms with Gasteiger partial charge in [-0.3, -0.25) is 0 Å². The van der Waals surface area contributed by atoms with Crippen LogP contribution in [0.5, 0.6) is 0 Å². The van der Waals surface area contributed by atoms with Crippen LogP contribution in [0, 0.1) is 5.92 Å². The van der Waals surface area contributed by atoms with Crippen LogP contribution in [0.3, 0.4) is 0 Å². The quantitative estimate of drug-likeness (QED) is 0.837. The van der Waals surface area contributed by atoms with Gasteiger partial charge in [-0.15, -0.1) is 0 Å². The molecule has 0 bridgehead atoms. The fourth-order valence-electron chi connectivity index (χ4n) is 1.39. The second-order valence-corrected chi connectivity index (χ2v) is 4.12. The van der Waals surface area contributed by atoms with Gasteiger partial charge < -0.3 is 10.4 Å². The summed E-state index contributed by atoms with van der Waals surface area (Å²) in [6.45, 7) is 2.87. The molecule has 0 fully saturated rings. The highest BCUT2D eigenvalue weighted by Crippen LogP contribution is 2.29. The summed E-state index contributed by atoms with van der Waals surface area (Å²) in [7, 11) is 0. The van der Waals surface area contributed by atoms with E-state index in [1.165, 1.54) is 6.07 Å². The smallest absolute Gasteiger partial charge is 0.396 e. The number of aliphatic hydroxyl groups excluding tert-OH is 1. The normalized spacial score (nSPS) is 13.7. The maximum atomic E-state index is 12.4. The molecular weight excluding hydrogens is 231 g/mol. The summed E-state index contributed by atoms with van der Waals surface area (Å²) in [5, 5.41) is 11.8. The summed E-state index contributed by atoms with van der Waals surface area (Å²) in [6.07, 6.45) is -4.30. The molecule has 5 heteroatoms. The van der Waals surface area contributed by atoms with E-state index in [1.54, 1.807) is 6.07 Å². The summed E-state index contributed by atoms with van der Waals surface area (Å²) in [5.41, 5.74) is -0.0445. The lowest BCUT2D eigenvalue weighted by molar-refractivity contribution is -0.137. The number of hydrogen-bond acceptors (Lipinski definition) is 2. The van der Waals surface area contributed by atoms with Crippen LogP contribution in [-0.4, -0.2) is 18.3 Å². The van der Waals surface area contributed by atoms with E-state index in [2.05, 4.69) is 5.32 Å². The van der Waals surface area contributed by atoms with Crippen molar-refractivity contribution in [3.8, 4) is 0 Å². The number of aliphatic hydroxyl groups is 1. The zero-order valence-electron chi connectivity index (χ0n) is 9.59. The molecule has 0 saturated carbocycles. The first-order chi connectivity index (χ1) is 7.93. The van der Waals surface area contributed by atoms with E-state index in [9.17, 15) is 13.2 Å². The van der Waals surface area contributed by atoms with E-state index in [0.29, 0.717) is 18.7 Å². The number of alkyl halides is 3. The lowest BCUT2D eigenvalue weighted by atomic mass is 10.1. The second-order valence-electron chi connectivity index (χ2n) is 4.12. The Morgan fingerprint density at radius 2 is 2.06 bits per heavy atom. The van der Waals surface area contributed by atoms with Crippen molar-refractivity contribution in [2.45, 2.75) is 19.6 Å². The minimum atomic E-state index is -4.30. The van der Waals surface area contributed by atoms with E-state index < -0.39 is 11.7 Å². The molecule has 0 aromatic heterocycles. The van der Waals surface area contributed by atoms with Crippen LogP contribution in [0.25, 0.3) is 0 Å². The van der Waals surface area contributed by atoms with Crippen molar-refractivity contribution in [1.82, 2.24) is 5.32 Å². The van der Waals surface area contributed by atoms with Crippen molar-refractivity contribution in [2.75, 3.05) is 13.2 Å². The highest BCUT2D eigenvalue weighted by Gasteiger charge is 2.30. The van der Waals surface area contributed by atoms with Gasteiger partial charge in [0.05, 0.1) is 5.56 Å². The van der Waals surface area contributed by atoms with Crippen LogP contribution in [-0.2, 0) is 12.7 Å². The third-order valence-corrected chi connectivity index (χ3v) is 2.39. The van der Waals surface area contributed by atoms with Crippen LogP contribution < -0.4 is 5.32 Å². The third kappa shape index (κ3) is 4.75. The largest absolute Gasteiger partial charge is 0.416 e. The van der Waals surface area contributed by atoms with Gasteiger partial charge in [0.25, 0.3) is 0 Å². The SMILES string of the molecule is CC(CO)CNCc1cccc(C(F)(F)F)c1. The van der Waals surface area contributed by atoms with E-state index >= 15 is 0 Å². The molecule has 1 atom stereocenters. The Hall–Kier alpha value is -1.07. The fraction of sp³-hybridized carbons (Fsp3) is 0.500. The number of nitrogens with one attached hydrogen (secondary N) is 1. The van der Waals surface area contributed by atoms with Gasteiger partial charge in [-0.05, 0) is 17.5 Å². The lowest BCUT2D eigenvalue weighted by Gasteiger charge is -2.11. The zero-order chi connectivity index (χ0) is 12.9. The van der Waals surface area contributed by atoms with Crippen LogP contribution >= 0.6 is 0 Å². The molecule has 1 aromatic rings. The van der Waals surface area contributed by atoms with E-state index in [1.807, 2.05) is 6.92 Å². The first-order valence-corrected chi connectivity index (χ1v) is 5.41. The number of hydrogen-bond donors (Lipinski definition) is 2. The van der Waals surface area contributed by atoms with E-state index in [4.69, 9.17) is 5.11 Å². The summed E-state index contributed by atoms with van der Waals surface area (Å²) in [6, 6.07) is 5.23. The standard InChI is InChI=1S/C12H16F3NO/c1-9(8-17)6-16-7-10-3-2-4-11(5-10)12(13,14)15/h2-5,9,16-17H,6-8H2,1H3. The average Bonchev–Trinajstić information content (AvgIpc) is 2.28. The van der Waals surface area contributed by atoms with Gasteiger partial charge >= 0.3 is 6.18 Å². The molecule has 0 spiro atoms. The van der Waals surface area contributed by atoms with Gasteiger partial charge in [0.1, 0.15) is 0 Å².